The summed E-state index contributed by atoms with van der Waals surface area (Å²) < 4.78 is 5.88. The third kappa shape index (κ3) is 3.86. The second-order valence-electron chi connectivity index (χ2n) is 4.60. The van der Waals surface area contributed by atoms with Crippen molar-refractivity contribution in [3.05, 3.63) is 29.3 Å². The fraction of sp³-hybridized carbons (Fsp3) is 0.571. The third-order valence-corrected chi connectivity index (χ3v) is 2.99. The van der Waals surface area contributed by atoms with Crippen LogP contribution in [0.15, 0.2) is 18.2 Å². The highest BCUT2D eigenvalue weighted by atomic mass is 16.5. The highest BCUT2D eigenvalue weighted by Crippen LogP contribution is 2.18. The highest BCUT2D eigenvalue weighted by Gasteiger charge is 2.08. The van der Waals surface area contributed by atoms with Gasteiger partial charge in [-0.1, -0.05) is 6.07 Å². The molecule has 2 heteroatoms. The van der Waals surface area contributed by atoms with Gasteiger partial charge in [0.2, 0.25) is 0 Å². The van der Waals surface area contributed by atoms with Crippen molar-refractivity contribution in [1.82, 2.24) is 5.32 Å². The molecule has 0 radical (unpaired) electrons. The van der Waals surface area contributed by atoms with Gasteiger partial charge in [0.15, 0.2) is 0 Å². The first-order valence-corrected chi connectivity index (χ1v) is 5.94. The lowest BCUT2D eigenvalue weighted by Gasteiger charge is -2.19. The van der Waals surface area contributed by atoms with Gasteiger partial charge in [-0.25, -0.2) is 0 Å². The summed E-state index contributed by atoms with van der Waals surface area (Å²) in [7, 11) is 1.98. The van der Waals surface area contributed by atoms with Gasteiger partial charge in [-0.15, -0.1) is 0 Å². The van der Waals surface area contributed by atoms with Crippen LogP contribution in [0.3, 0.4) is 0 Å². The molecule has 0 amide bonds. The number of nitrogens with one attached hydrogen (secondary N) is 1. The number of hydrogen-bond acceptors (Lipinski definition) is 2. The number of hydrogen-bond donors (Lipinski definition) is 1. The molecule has 0 saturated heterocycles. The van der Waals surface area contributed by atoms with Gasteiger partial charge in [0.05, 0.1) is 6.10 Å². The number of benzene rings is 1. The first-order valence-electron chi connectivity index (χ1n) is 5.94. The molecule has 0 aromatic heterocycles. The Morgan fingerprint density at radius 3 is 2.44 bits per heavy atom. The molecule has 0 bridgehead atoms. The number of rotatable bonds is 5. The van der Waals surface area contributed by atoms with Gasteiger partial charge >= 0.3 is 0 Å². The molecule has 0 spiro atoms. The second-order valence-corrected chi connectivity index (χ2v) is 4.60. The highest BCUT2D eigenvalue weighted by molar-refractivity contribution is 5.33. The minimum Gasteiger partial charge on any atom is -0.491 e. The van der Waals surface area contributed by atoms with E-state index in [2.05, 4.69) is 45.1 Å². The van der Waals surface area contributed by atoms with Crippen LogP contribution in [0.2, 0.25) is 0 Å². The van der Waals surface area contributed by atoms with Gasteiger partial charge in [-0.3, -0.25) is 0 Å². The van der Waals surface area contributed by atoms with Crippen molar-refractivity contribution in [3.63, 3.8) is 0 Å². The van der Waals surface area contributed by atoms with E-state index in [1.165, 1.54) is 11.1 Å². The summed E-state index contributed by atoms with van der Waals surface area (Å²) in [5, 5.41) is 3.22. The summed E-state index contributed by atoms with van der Waals surface area (Å²) >= 11 is 0. The molecule has 1 N–H and O–H groups in total. The van der Waals surface area contributed by atoms with Crippen LogP contribution < -0.4 is 10.1 Å². The summed E-state index contributed by atoms with van der Waals surface area (Å²) in [6, 6.07) is 6.75. The van der Waals surface area contributed by atoms with E-state index in [-0.39, 0.29) is 6.10 Å². The lowest BCUT2D eigenvalue weighted by molar-refractivity contribution is 0.197. The second kappa shape index (κ2) is 5.90. The molecular weight excluding hydrogens is 198 g/mol. The maximum atomic E-state index is 5.88. The predicted molar refractivity (Wildman–Crippen MR) is 69.1 cm³/mol. The largest absolute Gasteiger partial charge is 0.491 e. The van der Waals surface area contributed by atoms with Gasteiger partial charge in [-0.2, -0.15) is 0 Å². The van der Waals surface area contributed by atoms with Crippen LogP contribution in [-0.2, 0) is 0 Å². The number of aryl methyl sites for hydroxylation is 2. The Morgan fingerprint density at radius 2 is 1.88 bits per heavy atom. The van der Waals surface area contributed by atoms with E-state index in [4.69, 9.17) is 4.74 Å². The van der Waals surface area contributed by atoms with Crippen LogP contribution >= 0.6 is 0 Å². The van der Waals surface area contributed by atoms with Crippen molar-refractivity contribution < 1.29 is 4.74 Å². The Balaban J connectivity index is 2.56. The maximum absolute atomic E-state index is 5.88. The molecule has 0 aliphatic heterocycles. The van der Waals surface area contributed by atoms with E-state index in [1.54, 1.807) is 0 Å². The predicted octanol–water partition coefficient (Wildman–Crippen LogP) is 3.07. The Hall–Kier alpha value is -1.02. The molecule has 0 saturated carbocycles. The fourth-order valence-electron chi connectivity index (χ4n) is 1.68. The number of ether oxygens (including phenoxy) is 1. The van der Waals surface area contributed by atoms with E-state index >= 15 is 0 Å². The Kier molecular flexibility index (Phi) is 4.81. The zero-order valence-corrected chi connectivity index (χ0v) is 11.0. The fourth-order valence-corrected chi connectivity index (χ4v) is 1.68. The normalized spacial score (nSPS) is 14.6. The molecule has 2 nitrogen and oxygen atoms in total. The topological polar surface area (TPSA) is 21.3 Å². The van der Waals surface area contributed by atoms with Crippen LogP contribution in [0.1, 0.15) is 31.4 Å². The van der Waals surface area contributed by atoms with E-state index in [1.807, 2.05) is 13.1 Å². The smallest absolute Gasteiger partial charge is 0.119 e. The molecule has 1 aromatic rings. The molecule has 0 heterocycles. The van der Waals surface area contributed by atoms with Gasteiger partial charge in [0, 0.05) is 6.04 Å². The quantitative estimate of drug-likeness (QED) is 0.825. The maximum Gasteiger partial charge on any atom is 0.119 e. The van der Waals surface area contributed by atoms with E-state index in [9.17, 15) is 0 Å². The van der Waals surface area contributed by atoms with Crippen molar-refractivity contribution in [2.24, 2.45) is 0 Å². The monoisotopic (exact) mass is 221 g/mol. The molecule has 1 aromatic carbocycles. The van der Waals surface area contributed by atoms with Gasteiger partial charge in [0.25, 0.3) is 0 Å². The van der Waals surface area contributed by atoms with Gasteiger partial charge in [-0.05, 0) is 64.4 Å². The zero-order valence-electron chi connectivity index (χ0n) is 11.0. The molecule has 1 rings (SSSR count). The first-order chi connectivity index (χ1) is 7.52. The zero-order chi connectivity index (χ0) is 12.1. The van der Waals surface area contributed by atoms with Gasteiger partial charge in [0.1, 0.15) is 5.75 Å². The molecule has 0 aliphatic carbocycles. The molecule has 90 valence electrons. The summed E-state index contributed by atoms with van der Waals surface area (Å²) in [6.07, 6.45) is 1.26. The molecular formula is C14H23NO. The van der Waals surface area contributed by atoms with E-state index in [0.717, 1.165) is 12.2 Å². The average molecular weight is 221 g/mol. The molecule has 2 unspecified atom stereocenters. The molecule has 2 atom stereocenters. The average Bonchev–Trinajstić information content (AvgIpc) is 2.23. The minimum absolute atomic E-state index is 0.240. The van der Waals surface area contributed by atoms with Crippen LogP contribution in [0, 0.1) is 13.8 Å². The van der Waals surface area contributed by atoms with Crippen molar-refractivity contribution in [2.45, 2.75) is 46.3 Å². The summed E-state index contributed by atoms with van der Waals surface area (Å²) in [5.41, 5.74) is 2.59. The van der Waals surface area contributed by atoms with Gasteiger partial charge < -0.3 is 10.1 Å². The minimum atomic E-state index is 0.240. The van der Waals surface area contributed by atoms with Crippen molar-refractivity contribution >= 4 is 0 Å². The van der Waals surface area contributed by atoms with E-state index < -0.39 is 0 Å². The van der Waals surface area contributed by atoms with Crippen molar-refractivity contribution in [2.75, 3.05) is 7.05 Å². The third-order valence-electron chi connectivity index (χ3n) is 2.99. The van der Waals surface area contributed by atoms with Crippen LogP contribution in [-0.4, -0.2) is 19.2 Å². The molecule has 0 fully saturated rings. The lowest BCUT2D eigenvalue weighted by atomic mass is 10.1. The Morgan fingerprint density at radius 1 is 1.19 bits per heavy atom. The molecule has 0 aliphatic rings. The SMILES string of the molecule is CNC(C)CC(C)Oc1ccc(C)c(C)c1. The van der Waals surface area contributed by atoms with Crippen molar-refractivity contribution in [1.29, 1.82) is 0 Å². The van der Waals surface area contributed by atoms with Crippen LogP contribution in [0.5, 0.6) is 5.75 Å². The standard InChI is InChI=1S/C14H23NO/c1-10-6-7-14(8-11(10)2)16-13(4)9-12(3)15-5/h6-8,12-13,15H,9H2,1-5H3. The Bertz CT molecular complexity index is 336. The molecule has 16 heavy (non-hydrogen) atoms. The Labute approximate surface area is 99.0 Å². The summed E-state index contributed by atoms with van der Waals surface area (Å²) in [6.45, 7) is 8.51. The first kappa shape index (κ1) is 13.0. The summed E-state index contributed by atoms with van der Waals surface area (Å²) in [4.78, 5) is 0. The van der Waals surface area contributed by atoms with Crippen LogP contribution in [0.4, 0.5) is 0 Å². The lowest BCUT2D eigenvalue weighted by Crippen LogP contribution is -2.28. The van der Waals surface area contributed by atoms with Crippen molar-refractivity contribution in [3.8, 4) is 5.75 Å². The summed E-state index contributed by atoms with van der Waals surface area (Å²) in [5.74, 6) is 0.971. The van der Waals surface area contributed by atoms with Crippen LogP contribution in [0.25, 0.3) is 0 Å². The van der Waals surface area contributed by atoms with E-state index in [0.29, 0.717) is 6.04 Å².